The number of benzene rings is 1. The third-order valence-electron chi connectivity index (χ3n) is 4.33. The summed E-state index contributed by atoms with van der Waals surface area (Å²) in [5.41, 5.74) is 6.19. The molecule has 3 aromatic rings. The Morgan fingerprint density at radius 3 is 2.28 bits per heavy atom. The maximum atomic E-state index is 9.67. The average Bonchev–Trinajstić information content (AvgIpc) is 2.87. The fourth-order valence-corrected chi connectivity index (χ4v) is 3.24. The van der Waals surface area contributed by atoms with Crippen molar-refractivity contribution >= 4 is 15.9 Å². The van der Waals surface area contributed by atoms with Crippen molar-refractivity contribution < 1.29 is 0 Å². The molecule has 0 unspecified atom stereocenters. The molecule has 0 amide bonds. The zero-order chi connectivity index (χ0) is 18.0. The van der Waals surface area contributed by atoms with Gasteiger partial charge in [-0.15, -0.1) is 0 Å². The van der Waals surface area contributed by atoms with Crippen LogP contribution in [0.4, 0.5) is 0 Å². The standard InChI is InChI=1S/C20H15BrN4/c1-13-18(10-23)20(17-6-3-15(9-22)4-7-17)14(2)25(13)12-16-5-8-19(21)24-11-16/h3-8,11H,12H2,1-2H3. The molecule has 0 saturated carbocycles. The Balaban J connectivity index is 2.09. The lowest BCUT2D eigenvalue weighted by molar-refractivity contribution is 0.746. The molecule has 0 aliphatic rings. The van der Waals surface area contributed by atoms with Crippen LogP contribution in [0.15, 0.2) is 47.2 Å². The lowest BCUT2D eigenvalue weighted by atomic mass is 10.0. The summed E-state index contributed by atoms with van der Waals surface area (Å²) in [6, 6.07) is 15.7. The summed E-state index contributed by atoms with van der Waals surface area (Å²) in [4.78, 5) is 4.27. The summed E-state index contributed by atoms with van der Waals surface area (Å²) in [5.74, 6) is 0. The maximum absolute atomic E-state index is 9.67. The zero-order valence-electron chi connectivity index (χ0n) is 13.9. The Kier molecular flexibility index (Phi) is 4.70. The first-order valence-corrected chi connectivity index (χ1v) is 8.55. The summed E-state index contributed by atoms with van der Waals surface area (Å²) in [6.45, 7) is 4.64. The molecule has 0 aliphatic carbocycles. The van der Waals surface area contributed by atoms with Crippen LogP contribution < -0.4 is 0 Å². The van der Waals surface area contributed by atoms with Crippen molar-refractivity contribution in [2.45, 2.75) is 20.4 Å². The van der Waals surface area contributed by atoms with E-state index in [0.717, 1.165) is 32.7 Å². The van der Waals surface area contributed by atoms with Gasteiger partial charge in [-0.3, -0.25) is 0 Å². The molecule has 3 rings (SSSR count). The summed E-state index contributed by atoms with van der Waals surface area (Å²) < 4.78 is 2.94. The fourth-order valence-electron chi connectivity index (χ4n) is 3.00. The minimum absolute atomic E-state index is 0.608. The third-order valence-corrected chi connectivity index (χ3v) is 4.80. The van der Waals surface area contributed by atoms with Crippen molar-refractivity contribution in [3.05, 3.63) is 75.3 Å². The molecular weight excluding hydrogens is 376 g/mol. The largest absolute Gasteiger partial charge is 0.343 e. The van der Waals surface area contributed by atoms with Crippen LogP contribution in [0.1, 0.15) is 28.1 Å². The van der Waals surface area contributed by atoms with Crippen LogP contribution in [0.3, 0.4) is 0 Å². The van der Waals surface area contributed by atoms with Crippen LogP contribution in [0, 0.1) is 36.5 Å². The molecule has 0 spiro atoms. The molecule has 0 bridgehead atoms. The van der Waals surface area contributed by atoms with E-state index in [9.17, 15) is 5.26 Å². The molecule has 2 aromatic heterocycles. The topological polar surface area (TPSA) is 65.4 Å². The second-order valence-electron chi connectivity index (χ2n) is 5.80. The minimum Gasteiger partial charge on any atom is -0.343 e. The average molecular weight is 391 g/mol. The highest BCUT2D eigenvalue weighted by Gasteiger charge is 2.19. The van der Waals surface area contributed by atoms with Gasteiger partial charge in [-0.2, -0.15) is 10.5 Å². The highest BCUT2D eigenvalue weighted by molar-refractivity contribution is 9.10. The Morgan fingerprint density at radius 1 is 1.00 bits per heavy atom. The van der Waals surface area contributed by atoms with E-state index >= 15 is 0 Å². The number of aromatic nitrogens is 2. The molecule has 0 radical (unpaired) electrons. The minimum atomic E-state index is 0.608. The number of pyridine rings is 1. The smallest absolute Gasteiger partial charge is 0.106 e. The second kappa shape index (κ2) is 6.93. The summed E-state index contributed by atoms with van der Waals surface area (Å²) in [6.07, 6.45) is 1.83. The van der Waals surface area contributed by atoms with Gasteiger partial charge in [0.1, 0.15) is 10.7 Å². The molecule has 122 valence electrons. The predicted molar refractivity (Wildman–Crippen MR) is 99.8 cm³/mol. The number of nitrogens with zero attached hydrogens (tertiary/aromatic N) is 4. The van der Waals surface area contributed by atoms with E-state index < -0.39 is 0 Å². The molecule has 0 N–H and O–H groups in total. The number of nitriles is 2. The lowest BCUT2D eigenvalue weighted by Crippen LogP contribution is -2.04. The van der Waals surface area contributed by atoms with Gasteiger partial charge in [-0.05, 0) is 59.1 Å². The number of rotatable bonds is 3. The van der Waals surface area contributed by atoms with Crippen molar-refractivity contribution in [1.82, 2.24) is 9.55 Å². The monoisotopic (exact) mass is 390 g/mol. The van der Waals surface area contributed by atoms with Crippen LogP contribution in [-0.2, 0) is 6.54 Å². The SMILES string of the molecule is Cc1c(C#N)c(-c2ccc(C#N)cc2)c(C)n1Cc1ccc(Br)nc1. The van der Waals surface area contributed by atoms with Crippen molar-refractivity contribution in [2.24, 2.45) is 0 Å². The summed E-state index contributed by atoms with van der Waals surface area (Å²) in [7, 11) is 0. The van der Waals surface area contributed by atoms with Gasteiger partial charge in [-0.1, -0.05) is 18.2 Å². The van der Waals surface area contributed by atoms with Crippen LogP contribution in [-0.4, -0.2) is 9.55 Å². The highest BCUT2D eigenvalue weighted by Crippen LogP contribution is 2.32. The van der Waals surface area contributed by atoms with Crippen LogP contribution >= 0.6 is 15.9 Å². The molecule has 0 aliphatic heterocycles. The number of hydrogen-bond acceptors (Lipinski definition) is 3. The van der Waals surface area contributed by atoms with E-state index in [1.54, 1.807) is 12.1 Å². The summed E-state index contributed by atoms with van der Waals surface area (Å²) in [5, 5.41) is 18.6. The van der Waals surface area contributed by atoms with Gasteiger partial charge in [0.15, 0.2) is 0 Å². The Labute approximate surface area is 155 Å². The van der Waals surface area contributed by atoms with E-state index in [2.05, 4.69) is 37.6 Å². The van der Waals surface area contributed by atoms with Crippen molar-refractivity contribution in [3.8, 4) is 23.3 Å². The molecule has 4 nitrogen and oxygen atoms in total. The first-order chi connectivity index (χ1) is 12.0. The summed E-state index contributed by atoms with van der Waals surface area (Å²) >= 11 is 3.35. The first-order valence-electron chi connectivity index (χ1n) is 7.76. The van der Waals surface area contributed by atoms with Crippen LogP contribution in [0.5, 0.6) is 0 Å². The van der Waals surface area contributed by atoms with Crippen molar-refractivity contribution in [2.75, 3.05) is 0 Å². The van der Waals surface area contributed by atoms with Gasteiger partial charge in [0.25, 0.3) is 0 Å². The fraction of sp³-hybridized carbons (Fsp3) is 0.150. The van der Waals surface area contributed by atoms with Gasteiger partial charge in [0.05, 0.1) is 17.2 Å². The third kappa shape index (κ3) is 3.20. The van der Waals surface area contributed by atoms with Gasteiger partial charge >= 0.3 is 0 Å². The molecular formula is C20H15BrN4. The highest BCUT2D eigenvalue weighted by atomic mass is 79.9. The Morgan fingerprint density at radius 2 is 1.72 bits per heavy atom. The Hall–Kier alpha value is -2.89. The van der Waals surface area contributed by atoms with E-state index in [1.165, 1.54) is 0 Å². The molecule has 0 saturated heterocycles. The predicted octanol–water partition coefficient (Wildman–Crippen LogP) is 4.72. The van der Waals surface area contributed by atoms with Gasteiger partial charge in [0.2, 0.25) is 0 Å². The molecule has 0 atom stereocenters. The first kappa shape index (κ1) is 17.0. The number of hydrogen-bond donors (Lipinski definition) is 0. The lowest BCUT2D eigenvalue weighted by Gasteiger charge is -2.10. The van der Waals surface area contributed by atoms with Gasteiger partial charge in [0, 0.05) is 29.7 Å². The Bertz CT molecular complexity index is 1000. The molecule has 25 heavy (non-hydrogen) atoms. The molecule has 5 heteroatoms. The normalized spacial score (nSPS) is 10.3. The number of halogens is 1. The molecule has 1 aromatic carbocycles. The van der Waals surface area contributed by atoms with Crippen LogP contribution in [0.25, 0.3) is 11.1 Å². The van der Waals surface area contributed by atoms with E-state index in [-0.39, 0.29) is 0 Å². The second-order valence-corrected chi connectivity index (χ2v) is 6.61. The molecule has 0 fully saturated rings. The van der Waals surface area contributed by atoms with Gasteiger partial charge < -0.3 is 4.57 Å². The van der Waals surface area contributed by atoms with E-state index in [4.69, 9.17) is 5.26 Å². The van der Waals surface area contributed by atoms with Crippen molar-refractivity contribution in [1.29, 1.82) is 10.5 Å². The quantitative estimate of drug-likeness (QED) is 0.607. The van der Waals surface area contributed by atoms with Crippen LogP contribution in [0.2, 0.25) is 0 Å². The maximum Gasteiger partial charge on any atom is 0.106 e. The van der Waals surface area contributed by atoms with Crippen molar-refractivity contribution in [3.63, 3.8) is 0 Å². The molecule has 2 heterocycles. The van der Waals surface area contributed by atoms with Gasteiger partial charge in [-0.25, -0.2) is 4.98 Å². The van der Waals surface area contributed by atoms with E-state index in [0.29, 0.717) is 17.7 Å². The van der Waals surface area contributed by atoms with E-state index in [1.807, 2.05) is 44.3 Å². The zero-order valence-corrected chi connectivity index (χ0v) is 15.5.